The highest BCUT2D eigenvalue weighted by molar-refractivity contribution is 6.41. The van der Waals surface area contributed by atoms with E-state index in [0.29, 0.717) is 30.2 Å². The smallest absolute Gasteiger partial charge is 0.303 e. The van der Waals surface area contributed by atoms with Gasteiger partial charge in [0.2, 0.25) is 0 Å². The molecule has 0 aliphatic carbocycles. The first-order valence-electron chi connectivity index (χ1n) is 6.52. The van der Waals surface area contributed by atoms with E-state index in [2.05, 4.69) is 4.98 Å². The van der Waals surface area contributed by atoms with Crippen LogP contribution < -0.4 is 0 Å². The lowest BCUT2D eigenvalue weighted by Crippen LogP contribution is -2.40. The Morgan fingerprint density at radius 3 is 2.80 bits per heavy atom. The first-order valence-corrected chi connectivity index (χ1v) is 7.28. The van der Waals surface area contributed by atoms with Crippen molar-refractivity contribution in [1.82, 2.24) is 9.88 Å². The summed E-state index contributed by atoms with van der Waals surface area (Å²) in [5.74, 6) is -0.695. The number of aromatic amines is 1. The number of aromatic nitrogens is 1. The number of carbonyl (C=O) groups is 2. The largest absolute Gasteiger partial charge is 0.481 e. The minimum atomic E-state index is -0.795. The molecule has 2 N–H and O–H groups in total. The van der Waals surface area contributed by atoms with E-state index in [1.54, 1.807) is 4.90 Å². The monoisotopic (exact) mass is 318 g/mol. The van der Waals surface area contributed by atoms with E-state index in [1.807, 2.05) is 0 Å². The molecule has 1 aromatic rings. The number of halogens is 2. The van der Waals surface area contributed by atoms with Crippen LogP contribution in [0.5, 0.6) is 0 Å². The van der Waals surface area contributed by atoms with Gasteiger partial charge in [-0.15, -0.1) is 0 Å². The zero-order chi connectivity index (χ0) is 14.7. The van der Waals surface area contributed by atoms with Gasteiger partial charge in [0, 0.05) is 19.5 Å². The Hall–Kier alpha value is -1.20. The van der Waals surface area contributed by atoms with Crippen molar-refractivity contribution in [3.05, 3.63) is 21.9 Å². The summed E-state index contributed by atoms with van der Waals surface area (Å²) in [7, 11) is 0. The predicted octanol–water partition coefficient (Wildman–Crippen LogP) is 3.04. The van der Waals surface area contributed by atoms with Crippen molar-refractivity contribution in [2.45, 2.75) is 25.7 Å². The van der Waals surface area contributed by atoms with Crippen LogP contribution in [0.1, 0.15) is 36.2 Å². The second-order valence-corrected chi connectivity index (χ2v) is 5.82. The number of likely N-dealkylation sites (tertiary alicyclic amines) is 1. The van der Waals surface area contributed by atoms with Gasteiger partial charge in [0.05, 0.1) is 5.02 Å². The maximum Gasteiger partial charge on any atom is 0.303 e. The zero-order valence-corrected chi connectivity index (χ0v) is 12.4. The Morgan fingerprint density at radius 2 is 2.20 bits per heavy atom. The number of nitrogens with one attached hydrogen (secondary N) is 1. The molecule has 0 spiro atoms. The lowest BCUT2D eigenvalue weighted by Gasteiger charge is -2.32. The van der Waals surface area contributed by atoms with Crippen molar-refractivity contribution in [2.75, 3.05) is 13.1 Å². The fourth-order valence-electron chi connectivity index (χ4n) is 2.50. The average Bonchev–Trinajstić information content (AvgIpc) is 2.76. The van der Waals surface area contributed by atoms with Gasteiger partial charge < -0.3 is 15.0 Å². The molecule has 1 saturated heterocycles. The van der Waals surface area contributed by atoms with E-state index in [-0.39, 0.29) is 23.4 Å². The zero-order valence-electron chi connectivity index (χ0n) is 10.9. The number of amides is 1. The number of nitrogens with zero attached hydrogens (tertiary/aromatic N) is 1. The van der Waals surface area contributed by atoms with Crippen LogP contribution in [0.25, 0.3) is 0 Å². The third-order valence-electron chi connectivity index (χ3n) is 3.53. The highest BCUT2D eigenvalue weighted by Crippen LogP contribution is 2.25. The highest BCUT2D eigenvalue weighted by atomic mass is 35.5. The van der Waals surface area contributed by atoms with E-state index >= 15 is 0 Å². The maximum atomic E-state index is 12.3. The molecule has 1 aliphatic heterocycles. The van der Waals surface area contributed by atoms with Crippen LogP contribution >= 0.6 is 23.2 Å². The van der Waals surface area contributed by atoms with Crippen molar-refractivity contribution in [1.29, 1.82) is 0 Å². The van der Waals surface area contributed by atoms with E-state index in [1.165, 1.54) is 6.07 Å². The maximum absolute atomic E-state index is 12.3. The summed E-state index contributed by atoms with van der Waals surface area (Å²) in [5, 5.41) is 9.30. The lowest BCUT2D eigenvalue weighted by atomic mass is 9.93. The Morgan fingerprint density at radius 1 is 1.45 bits per heavy atom. The molecule has 1 aromatic heterocycles. The molecule has 5 nitrogen and oxygen atoms in total. The molecule has 1 atom stereocenters. The van der Waals surface area contributed by atoms with Gasteiger partial charge >= 0.3 is 5.97 Å². The number of carboxylic acids is 1. The van der Waals surface area contributed by atoms with Gasteiger partial charge in [0.1, 0.15) is 10.8 Å². The van der Waals surface area contributed by atoms with E-state index in [9.17, 15) is 9.59 Å². The van der Waals surface area contributed by atoms with Crippen LogP contribution in [0.2, 0.25) is 10.2 Å². The molecule has 2 heterocycles. The van der Waals surface area contributed by atoms with Crippen LogP contribution in [0.4, 0.5) is 0 Å². The van der Waals surface area contributed by atoms with Gasteiger partial charge in [-0.25, -0.2) is 0 Å². The number of hydrogen-bond acceptors (Lipinski definition) is 2. The molecule has 1 fully saturated rings. The van der Waals surface area contributed by atoms with Gasteiger partial charge in [-0.3, -0.25) is 9.59 Å². The van der Waals surface area contributed by atoms with Crippen molar-refractivity contribution in [2.24, 2.45) is 5.92 Å². The molecule has 1 aliphatic rings. The normalized spacial score (nSPS) is 19.1. The molecular weight excluding hydrogens is 303 g/mol. The SMILES string of the molecule is O=C(O)CC[C@H]1CCCN(C(=O)c2cc(Cl)c(Cl)[nH]2)C1. The van der Waals surface area contributed by atoms with Crippen molar-refractivity contribution < 1.29 is 14.7 Å². The second-order valence-electron chi connectivity index (χ2n) is 5.04. The van der Waals surface area contributed by atoms with Gasteiger partial charge in [0.15, 0.2) is 0 Å². The highest BCUT2D eigenvalue weighted by Gasteiger charge is 2.26. The van der Waals surface area contributed by atoms with Crippen LogP contribution in [-0.4, -0.2) is 40.0 Å². The summed E-state index contributed by atoms with van der Waals surface area (Å²) in [6, 6.07) is 1.52. The topological polar surface area (TPSA) is 73.4 Å². The lowest BCUT2D eigenvalue weighted by molar-refractivity contribution is -0.137. The second kappa shape index (κ2) is 6.50. The fraction of sp³-hybridized carbons (Fsp3) is 0.538. The number of hydrogen-bond donors (Lipinski definition) is 2. The summed E-state index contributed by atoms with van der Waals surface area (Å²) in [6.45, 7) is 1.26. The number of carboxylic acid groups (broad SMARTS) is 1. The van der Waals surface area contributed by atoms with Crippen LogP contribution in [0, 0.1) is 5.92 Å². The molecule has 110 valence electrons. The summed E-state index contributed by atoms with van der Waals surface area (Å²) in [5.41, 5.74) is 0.374. The average molecular weight is 319 g/mol. The minimum absolute atomic E-state index is 0.140. The van der Waals surface area contributed by atoms with Crippen molar-refractivity contribution in [3.63, 3.8) is 0 Å². The number of piperidine rings is 1. The van der Waals surface area contributed by atoms with E-state index < -0.39 is 5.97 Å². The number of rotatable bonds is 4. The minimum Gasteiger partial charge on any atom is -0.481 e. The van der Waals surface area contributed by atoms with Crippen LogP contribution in [-0.2, 0) is 4.79 Å². The van der Waals surface area contributed by atoms with Crippen molar-refractivity contribution in [3.8, 4) is 0 Å². The van der Waals surface area contributed by atoms with Crippen LogP contribution in [0.3, 0.4) is 0 Å². The van der Waals surface area contributed by atoms with Crippen molar-refractivity contribution >= 4 is 35.1 Å². The van der Waals surface area contributed by atoms with Gasteiger partial charge in [-0.05, 0) is 31.2 Å². The fourth-order valence-corrected chi connectivity index (χ4v) is 2.82. The summed E-state index contributed by atoms with van der Waals surface area (Å²) in [4.78, 5) is 27.4. The molecule has 7 heteroatoms. The number of aliphatic carboxylic acids is 1. The quantitative estimate of drug-likeness (QED) is 0.896. The molecule has 0 radical (unpaired) electrons. The number of carbonyl (C=O) groups excluding carboxylic acids is 1. The first kappa shape index (κ1) is 15.2. The summed E-state index contributed by atoms with van der Waals surface area (Å²) < 4.78 is 0. The Balaban J connectivity index is 1.97. The molecule has 0 bridgehead atoms. The third-order valence-corrected chi connectivity index (χ3v) is 4.22. The molecule has 2 rings (SSSR count). The molecule has 1 amide bonds. The van der Waals surface area contributed by atoms with Crippen LogP contribution in [0.15, 0.2) is 6.07 Å². The molecule has 0 saturated carbocycles. The Bertz CT molecular complexity index is 496. The predicted molar refractivity (Wildman–Crippen MR) is 76.3 cm³/mol. The van der Waals surface area contributed by atoms with Gasteiger partial charge in [-0.1, -0.05) is 23.2 Å². The Kier molecular flexibility index (Phi) is 4.94. The van der Waals surface area contributed by atoms with E-state index in [0.717, 1.165) is 12.8 Å². The Labute approximate surface area is 126 Å². The molecule has 20 heavy (non-hydrogen) atoms. The van der Waals surface area contributed by atoms with Gasteiger partial charge in [0.25, 0.3) is 5.91 Å². The summed E-state index contributed by atoms with van der Waals surface area (Å²) in [6.07, 6.45) is 2.60. The number of H-pyrrole nitrogens is 1. The third kappa shape index (κ3) is 3.67. The molecular formula is C13H16Cl2N2O3. The van der Waals surface area contributed by atoms with E-state index in [4.69, 9.17) is 28.3 Å². The van der Waals surface area contributed by atoms with Gasteiger partial charge in [-0.2, -0.15) is 0 Å². The molecule has 0 aromatic carbocycles. The first-order chi connectivity index (χ1) is 9.47. The standard InChI is InChI=1S/C13H16Cl2N2O3/c14-9-6-10(16-12(9)15)13(20)17-5-1-2-8(7-17)3-4-11(18)19/h6,8,16H,1-5,7H2,(H,18,19)/t8-/m1/s1. The molecule has 0 unspecified atom stereocenters. The summed E-state index contributed by atoms with van der Waals surface area (Å²) >= 11 is 11.6.